The van der Waals surface area contributed by atoms with Crippen molar-refractivity contribution < 1.29 is 70.9 Å². The lowest BCUT2D eigenvalue weighted by atomic mass is 9.83. The molecular formula is C82H78Cl4F3N9O12. The largest absolute Gasteiger partial charge is 0.480 e. The van der Waals surface area contributed by atoms with Crippen molar-refractivity contribution in [2.24, 2.45) is 17.8 Å². The van der Waals surface area contributed by atoms with Gasteiger partial charge in [0.15, 0.2) is 0 Å². The first-order valence-corrected chi connectivity index (χ1v) is 37.9. The number of aryl methyl sites for hydroxylation is 2. The summed E-state index contributed by atoms with van der Waals surface area (Å²) in [5.74, 6) is -6.63. The molecular weight excluding hydrogens is 1500 g/mol. The minimum Gasteiger partial charge on any atom is -0.480 e. The summed E-state index contributed by atoms with van der Waals surface area (Å²) < 4.78 is 54.8. The van der Waals surface area contributed by atoms with E-state index in [-0.39, 0.29) is 76.9 Å². The van der Waals surface area contributed by atoms with Gasteiger partial charge >= 0.3 is 42.2 Å². The Bertz CT molecular complexity index is 5080. The number of ether oxygens (including phenoxy) is 2. The number of carboxylic acid groups (broad SMARTS) is 1. The lowest BCUT2D eigenvalue weighted by Gasteiger charge is -2.30. The predicted molar refractivity (Wildman–Crippen MR) is 421 cm³/mol. The molecule has 10 N–H and O–H groups in total. The standard InChI is InChI=1S/C82H78Cl4F3N9O12/c1-3-44-26-15-17-43(2)67(44)96-79(106)90-66-40-51-30-32-56(109-77(104)69(46-20-9-5-10-21-46)94-74(100)57-35-48-24-13-14-25-49(48)38-64(57)91-80(107)97-71-60(82(87,88)89)27-16-28-61(71)84)34-53(51)37-59(66)75(101)95-70(47-22-11-6-12-23-47)78(105)110-55-31-29-50-39-65(92-81(108)98-72-62(85)41-54(83)42-63(72)86)58(36-52(50)33-55)73(99)93-68(76(102)103)45-18-7-4-8-19-45/h13-17,24-42,45-47,68-70H,3-12,18-23H2,1-2H3,(H,93,99)(H,94,100)(H,95,101)(H,102,103)(H2,90,96,106)(H2,91,97,107)(H2,92,98,108)/t68-,69-,70?/m0/s1. The molecule has 0 radical (unpaired) electrons. The summed E-state index contributed by atoms with van der Waals surface area (Å²) in [5, 5.41) is 37.4. The Hall–Kier alpha value is -10.7. The molecule has 0 bridgehead atoms. The lowest BCUT2D eigenvalue weighted by Crippen LogP contribution is -2.48. The average Bonchev–Trinajstić information content (AvgIpc) is 0.797. The highest BCUT2D eigenvalue weighted by molar-refractivity contribution is 6.42. The molecule has 3 saturated carbocycles. The number of esters is 2. The molecule has 3 atom stereocenters. The van der Waals surface area contributed by atoms with Gasteiger partial charge in [-0.25, -0.2) is 28.8 Å². The highest BCUT2D eigenvalue weighted by Crippen LogP contribution is 2.41. The molecule has 110 heavy (non-hydrogen) atoms. The van der Waals surface area contributed by atoms with Crippen LogP contribution in [-0.4, -0.2) is 77.0 Å². The normalized spacial score (nSPS) is 15.1. The number of alkyl halides is 3. The van der Waals surface area contributed by atoms with Crippen LogP contribution in [0.5, 0.6) is 11.5 Å². The average molecular weight is 1580 g/mol. The summed E-state index contributed by atoms with van der Waals surface area (Å²) in [6, 6.07) is 29.9. The van der Waals surface area contributed by atoms with Crippen molar-refractivity contribution in [1.29, 1.82) is 0 Å². The van der Waals surface area contributed by atoms with Crippen molar-refractivity contribution in [3.05, 3.63) is 199 Å². The molecule has 0 aromatic heterocycles. The topological polar surface area (TPSA) is 301 Å². The summed E-state index contributed by atoms with van der Waals surface area (Å²) in [5.41, 5.74) is -0.171. The summed E-state index contributed by atoms with van der Waals surface area (Å²) in [6.07, 6.45) is 6.05. The number of aliphatic carboxylic acids is 1. The minimum absolute atomic E-state index is 0.00138. The predicted octanol–water partition coefficient (Wildman–Crippen LogP) is 19.9. The second-order valence-corrected chi connectivity index (χ2v) is 29.5. The van der Waals surface area contributed by atoms with Gasteiger partial charge in [-0.1, -0.05) is 172 Å². The second-order valence-electron chi connectivity index (χ2n) is 27.9. The van der Waals surface area contributed by atoms with E-state index >= 15 is 9.59 Å². The van der Waals surface area contributed by atoms with Crippen LogP contribution in [0.2, 0.25) is 20.1 Å². The van der Waals surface area contributed by atoms with Crippen LogP contribution >= 0.6 is 46.4 Å². The molecule has 0 saturated heterocycles. The number of hydrogen-bond acceptors (Lipinski definition) is 11. The van der Waals surface area contributed by atoms with Crippen LogP contribution in [0.1, 0.15) is 151 Å². The zero-order chi connectivity index (χ0) is 78.1. The number of carbonyl (C=O) groups excluding carboxylic acids is 8. The number of hydrogen-bond donors (Lipinski definition) is 10. The van der Waals surface area contributed by atoms with Crippen molar-refractivity contribution in [2.75, 3.05) is 31.9 Å². The highest BCUT2D eigenvalue weighted by atomic mass is 35.5. The van der Waals surface area contributed by atoms with Gasteiger partial charge in [0.05, 0.1) is 65.8 Å². The van der Waals surface area contributed by atoms with Gasteiger partial charge < -0.3 is 62.4 Å². The van der Waals surface area contributed by atoms with E-state index in [1.807, 2.05) is 32.0 Å². The van der Waals surface area contributed by atoms with Crippen LogP contribution in [0.4, 0.5) is 61.7 Å². The van der Waals surface area contributed by atoms with Crippen LogP contribution in [0.15, 0.2) is 146 Å². The van der Waals surface area contributed by atoms with Crippen LogP contribution in [0, 0.1) is 24.7 Å². The Kier molecular flexibility index (Phi) is 25.1. The smallest absolute Gasteiger partial charge is 0.418 e. The fourth-order valence-corrected chi connectivity index (χ4v) is 16.0. The van der Waals surface area contributed by atoms with Crippen molar-refractivity contribution in [2.45, 2.75) is 141 Å². The molecule has 28 heteroatoms. The molecule has 3 fully saturated rings. The summed E-state index contributed by atoms with van der Waals surface area (Å²) in [4.78, 5) is 129. The van der Waals surface area contributed by atoms with E-state index < -0.39 is 101 Å². The van der Waals surface area contributed by atoms with Crippen LogP contribution in [-0.2, 0) is 27.0 Å². The Balaban J connectivity index is 0.841. The third-order valence-electron chi connectivity index (χ3n) is 20.5. The highest BCUT2D eigenvalue weighted by Gasteiger charge is 2.39. The Morgan fingerprint density at radius 2 is 0.818 bits per heavy atom. The van der Waals surface area contributed by atoms with Gasteiger partial charge in [-0.3, -0.25) is 14.4 Å². The maximum Gasteiger partial charge on any atom is 0.418 e. The molecule has 21 nitrogen and oxygen atoms in total. The van der Waals surface area contributed by atoms with Gasteiger partial charge in [0.1, 0.15) is 29.6 Å². The van der Waals surface area contributed by atoms with Crippen molar-refractivity contribution in [3.8, 4) is 11.5 Å². The quantitative estimate of drug-likeness (QED) is 0.0237. The Morgan fingerprint density at radius 3 is 1.25 bits per heavy atom. The molecule has 0 spiro atoms. The molecule has 0 aliphatic heterocycles. The molecule has 572 valence electrons. The summed E-state index contributed by atoms with van der Waals surface area (Å²) in [6.45, 7) is 3.79. The van der Waals surface area contributed by atoms with E-state index in [4.69, 9.17) is 55.9 Å². The number of amides is 9. The second kappa shape index (κ2) is 34.9. The van der Waals surface area contributed by atoms with E-state index in [2.05, 4.69) is 47.9 Å². The molecule has 1 unspecified atom stereocenters. The third-order valence-corrected chi connectivity index (χ3v) is 21.6. The number of carbonyl (C=O) groups is 9. The van der Waals surface area contributed by atoms with E-state index in [1.54, 1.807) is 42.5 Å². The maximum atomic E-state index is 15.4. The summed E-state index contributed by atoms with van der Waals surface area (Å²) in [7, 11) is 0. The number of anilines is 6. The zero-order valence-electron chi connectivity index (χ0n) is 59.7. The number of rotatable bonds is 21. The number of nitrogens with one attached hydrogen (secondary N) is 9. The van der Waals surface area contributed by atoms with E-state index in [9.17, 15) is 51.8 Å². The van der Waals surface area contributed by atoms with E-state index in [0.29, 0.717) is 83.0 Å². The number of fused-ring (bicyclic) bond motifs is 3. The molecule has 12 rings (SSSR count). The first-order chi connectivity index (χ1) is 52.7. The summed E-state index contributed by atoms with van der Waals surface area (Å²) >= 11 is 25.1. The van der Waals surface area contributed by atoms with Gasteiger partial charge in [-0.2, -0.15) is 13.2 Å². The molecule has 9 amide bonds. The number of para-hydroxylation sites is 2. The monoisotopic (exact) mass is 1580 g/mol. The number of benzene rings is 9. The molecule has 9 aromatic rings. The van der Waals surface area contributed by atoms with Crippen molar-refractivity contribution in [1.82, 2.24) is 16.0 Å². The SMILES string of the molecule is CCc1cccc(C)c1NC(=O)Nc1cc2ccc(OC(=O)[C@@H](NC(=O)c3cc4ccccc4cc3NC(=O)Nc3c(Cl)cccc3C(F)(F)F)C3CCCCC3)cc2cc1C(=O)NC(C(=O)Oc1ccc2cc(NC(=O)Nc3c(Cl)cc(Cl)cc3Cl)c(C(=O)N[C@H](C(=O)O)C3CCCCC3)cc2c1)C1CCCCC1. The maximum absolute atomic E-state index is 15.4. The Morgan fingerprint density at radius 1 is 0.427 bits per heavy atom. The number of carboxylic acids is 1. The fourth-order valence-electron chi connectivity index (χ4n) is 14.9. The number of urea groups is 3. The van der Waals surface area contributed by atoms with Crippen LogP contribution < -0.4 is 57.3 Å². The first kappa shape index (κ1) is 78.9. The van der Waals surface area contributed by atoms with Crippen LogP contribution in [0.3, 0.4) is 0 Å². The lowest BCUT2D eigenvalue weighted by molar-refractivity contribution is -0.141. The van der Waals surface area contributed by atoms with E-state index in [1.165, 1.54) is 72.8 Å². The van der Waals surface area contributed by atoms with Gasteiger partial charge in [-0.05, 0) is 198 Å². The van der Waals surface area contributed by atoms with Crippen molar-refractivity contribution in [3.63, 3.8) is 0 Å². The van der Waals surface area contributed by atoms with Gasteiger partial charge in [0, 0.05) is 10.7 Å². The first-order valence-electron chi connectivity index (χ1n) is 36.4. The third kappa shape index (κ3) is 19.0. The zero-order valence-corrected chi connectivity index (χ0v) is 62.7. The van der Waals surface area contributed by atoms with Gasteiger partial charge in [-0.15, -0.1) is 0 Å². The van der Waals surface area contributed by atoms with E-state index in [0.717, 1.165) is 81.0 Å². The van der Waals surface area contributed by atoms with Crippen molar-refractivity contribution >= 4 is 167 Å². The molecule has 3 aliphatic carbocycles. The fraction of sp³-hybridized carbons (Fsp3) is 0.305. The molecule has 0 heterocycles. The molecule has 9 aromatic carbocycles. The Labute approximate surface area is 650 Å². The molecule has 3 aliphatic rings. The minimum atomic E-state index is -4.89. The number of halogens is 7. The van der Waals surface area contributed by atoms with Crippen LogP contribution in [0.25, 0.3) is 32.3 Å². The van der Waals surface area contributed by atoms with Gasteiger partial charge in [0.2, 0.25) is 0 Å². The van der Waals surface area contributed by atoms with Gasteiger partial charge in [0.25, 0.3) is 17.7 Å².